The molecule has 1 fully saturated rings. The summed E-state index contributed by atoms with van der Waals surface area (Å²) in [6.45, 7) is 0.124. The molecule has 0 saturated carbocycles. The molecule has 18 heavy (non-hydrogen) atoms. The van der Waals surface area contributed by atoms with E-state index in [1.807, 2.05) is 0 Å². The molecule has 3 N–H and O–H groups in total. The number of hydrogen-bond acceptors (Lipinski definition) is 5. The Morgan fingerprint density at radius 3 is 3.06 bits per heavy atom. The van der Waals surface area contributed by atoms with E-state index in [4.69, 9.17) is 21.4 Å². The predicted molar refractivity (Wildman–Crippen MR) is 68.0 cm³/mol. The van der Waals surface area contributed by atoms with E-state index in [-0.39, 0.29) is 12.5 Å². The second-order valence-corrected chi connectivity index (χ2v) is 5.37. The standard InChI is InChI=1S/C11H14ClNO4S/c12-6-2-4-18-10(6)11(16)13-7-1-3-17-8(5-14)9(7)15/h2,4,7-9,14-15H,1,3,5H2,(H,13,16)/t7-,8+,9-/m0/s1. The Kier molecular flexibility index (Phi) is 4.58. The van der Waals surface area contributed by atoms with Crippen LogP contribution in [-0.2, 0) is 4.74 Å². The number of nitrogens with one attached hydrogen (secondary N) is 1. The molecular formula is C11H14ClNO4S. The molecule has 0 bridgehead atoms. The van der Waals surface area contributed by atoms with Crippen molar-refractivity contribution in [3.8, 4) is 0 Å². The molecule has 3 atom stereocenters. The van der Waals surface area contributed by atoms with Crippen LogP contribution in [0.4, 0.5) is 0 Å². The number of rotatable bonds is 3. The number of halogens is 1. The lowest BCUT2D eigenvalue weighted by atomic mass is 10.00. The summed E-state index contributed by atoms with van der Waals surface area (Å²) in [5, 5.41) is 23.8. The maximum Gasteiger partial charge on any atom is 0.263 e. The van der Waals surface area contributed by atoms with E-state index in [1.165, 1.54) is 11.3 Å². The molecule has 0 aromatic carbocycles. The van der Waals surface area contributed by atoms with Gasteiger partial charge in [0, 0.05) is 6.61 Å². The van der Waals surface area contributed by atoms with Gasteiger partial charge in [0.25, 0.3) is 5.91 Å². The SMILES string of the molecule is O=C(N[C@H]1CCO[C@H](CO)[C@H]1O)c1sccc1Cl. The van der Waals surface area contributed by atoms with Crippen LogP contribution in [0.3, 0.4) is 0 Å². The summed E-state index contributed by atoms with van der Waals surface area (Å²) in [5.74, 6) is -0.308. The van der Waals surface area contributed by atoms with Crippen molar-refractivity contribution in [1.82, 2.24) is 5.32 Å². The second-order valence-electron chi connectivity index (χ2n) is 4.05. The largest absolute Gasteiger partial charge is 0.394 e. The summed E-state index contributed by atoms with van der Waals surface area (Å²) in [4.78, 5) is 12.4. The summed E-state index contributed by atoms with van der Waals surface area (Å²) in [6.07, 6.45) is -1.05. The molecular weight excluding hydrogens is 278 g/mol. The van der Waals surface area contributed by atoms with Crippen LogP contribution in [0.1, 0.15) is 16.1 Å². The van der Waals surface area contributed by atoms with Gasteiger partial charge in [-0.2, -0.15) is 0 Å². The molecule has 1 amide bonds. The minimum Gasteiger partial charge on any atom is -0.394 e. The van der Waals surface area contributed by atoms with Crippen molar-refractivity contribution < 1.29 is 19.7 Å². The van der Waals surface area contributed by atoms with E-state index in [0.29, 0.717) is 22.9 Å². The molecule has 1 aromatic rings. The first-order valence-corrected chi connectivity index (χ1v) is 6.83. The Morgan fingerprint density at radius 1 is 1.67 bits per heavy atom. The Bertz CT molecular complexity index is 425. The third kappa shape index (κ3) is 2.84. The molecule has 1 aromatic heterocycles. The van der Waals surface area contributed by atoms with Crippen LogP contribution in [0.25, 0.3) is 0 Å². The van der Waals surface area contributed by atoms with Gasteiger partial charge >= 0.3 is 0 Å². The van der Waals surface area contributed by atoms with Gasteiger partial charge in [0.2, 0.25) is 0 Å². The Labute approximate surface area is 113 Å². The van der Waals surface area contributed by atoms with E-state index in [1.54, 1.807) is 11.4 Å². The van der Waals surface area contributed by atoms with Gasteiger partial charge in [0.1, 0.15) is 17.1 Å². The third-order valence-corrected chi connectivity index (χ3v) is 4.21. The van der Waals surface area contributed by atoms with Crippen molar-refractivity contribution in [2.45, 2.75) is 24.7 Å². The zero-order valence-electron chi connectivity index (χ0n) is 9.51. The summed E-state index contributed by atoms with van der Waals surface area (Å²) in [7, 11) is 0. The van der Waals surface area contributed by atoms with Crippen molar-refractivity contribution >= 4 is 28.8 Å². The molecule has 0 radical (unpaired) electrons. The fourth-order valence-corrected chi connectivity index (χ4v) is 2.93. The van der Waals surface area contributed by atoms with Crippen molar-refractivity contribution in [2.75, 3.05) is 13.2 Å². The third-order valence-electron chi connectivity index (χ3n) is 2.87. The summed E-state index contributed by atoms with van der Waals surface area (Å²) < 4.78 is 5.19. The van der Waals surface area contributed by atoms with Crippen LogP contribution < -0.4 is 5.32 Å². The molecule has 0 spiro atoms. The number of amides is 1. The molecule has 2 rings (SSSR count). The molecule has 100 valence electrons. The summed E-state index contributed by atoms with van der Waals surface area (Å²) >= 11 is 7.11. The Morgan fingerprint density at radius 2 is 2.44 bits per heavy atom. The molecule has 7 heteroatoms. The quantitative estimate of drug-likeness (QED) is 0.764. The van der Waals surface area contributed by atoms with Crippen LogP contribution in [0, 0.1) is 0 Å². The number of carbonyl (C=O) groups excluding carboxylic acids is 1. The first kappa shape index (κ1) is 13.8. The van der Waals surface area contributed by atoms with E-state index in [9.17, 15) is 9.90 Å². The monoisotopic (exact) mass is 291 g/mol. The van der Waals surface area contributed by atoms with Gasteiger partial charge in [-0.3, -0.25) is 4.79 Å². The van der Waals surface area contributed by atoms with Gasteiger partial charge in [-0.25, -0.2) is 0 Å². The van der Waals surface area contributed by atoms with E-state index in [0.717, 1.165) is 0 Å². The van der Waals surface area contributed by atoms with E-state index < -0.39 is 18.2 Å². The first-order valence-electron chi connectivity index (χ1n) is 5.58. The van der Waals surface area contributed by atoms with Gasteiger partial charge in [-0.05, 0) is 17.9 Å². The number of aliphatic hydroxyl groups is 2. The molecule has 1 saturated heterocycles. The zero-order valence-corrected chi connectivity index (χ0v) is 11.1. The van der Waals surface area contributed by atoms with Crippen molar-refractivity contribution in [2.24, 2.45) is 0 Å². The Hall–Kier alpha value is -0.660. The lowest BCUT2D eigenvalue weighted by Crippen LogP contribution is -2.54. The van der Waals surface area contributed by atoms with Crippen molar-refractivity contribution in [3.63, 3.8) is 0 Å². The average molecular weight is 292 g/mol. The van der Waals surface area contributed by atoms with Crippen LogP contribution >= 0.6 is 22.9 Å². The number of carbonyl (C=O) groups is 1. The Balaban J connectivity index is 2.01. The molecule has 0 aliphatic carbocycles. The second kappa shape index (κ2) is 5.99. The van der Waals surface area contributed by atoms with Crippen molar-refractivity contribution in [3.05, 3.63) is 21.3 Å². The molecule has 1 aliphatic rings. The van der Waals surface area contributed by atoms with Crippen LogP contribution in [0.5, 0.6) is 0 Å². The highest BCUT2D eigenvalue weighted by atomic mass is 35.5. The lowest BCUT2D eigenvalue weighted by Gasteiger charge is -2.34. The molecule has 1 aliphatic heterocycles. The van der Waals surface area contributed by atoms with Crippen molar-refractivity contribution in [1.29, 1.82) is 0 Å². The van der Waals surface area contributed by atoms with Crippen LogP contribution in [0.2, 0.25) is 5.02 Å². The maximum atomic E-state index is 11.9. The number of thiophene rings is 1. The number of aliphatic hydroxyl groups excluding tert-OH is 2. The average Bonchev–Trinajstić information content (AvgIpc) is 2.78. The highest BCUT2D eigenvalue weighted by Gasteiger charge is 2.33. The number of hydrogen-bond donors (Lipinski definition) is 3. The van der Waals surface area contributed by atoms with Gasteiger partial charge < -0.3 is 20.3 Å². The first-order chi connectivity index (χ1) is 8.63. The fraction of sp³-hybridized carbons (Fsp3) is 0.545. The number of ether oxygens (including phenoxy) is 1. The lowest BCUT2D eigenvalue weighted by molar-refractivity contribution is -0.107. The molecule has 5 nitrogen and oxygen atoms in total. The minimum absolute atomic E-state index is 0.271. The zero-order chi connectivity index (χ0) is 13.1. The summed E-state index contributed by atoms with van der Waals surface area (Å²) in [5.41, 5.74) is 0. The minimum atomic E-state index is -0.911. The maximum absolute atomic E-state index is 11.9. The van der Waals surface area contributed by atoms with Gasteiger partial charge in [-0.15, -0.1) is 11.3 Å². The molecule has 0 unspecified atom stereocenters. The predicted octanol–water partition coefficient (Wildman–Crippen LogP) is 0.642. The normalized spacial score (nSPS) is 28.1. The van der Waals surface area contributed by atoms with Gasteiger partial charge in [-0.1, -0.05) is 11.6 Å². The van der Waals surface area contributed by atoms with Gasteiger partial charge in [0.05, 0.1) is 17.7 Å². The van der Waals surface area contributed by atoms with Crippen LogP contribution in [-0.4, -0.2) is 47.6 Å². The molecule has 2 heterocycles. The fourth-order valence-electron chi connectivity index (χ4n) is 1.88. The van der Waals surface area contributed by atoms with Gasteiger partial charge in [0.15, 0.2) is 0 Å². The smallest absolute Gasteiger partial charge is 0.263 e. The van der Waals surface area contributed by atoms with E-state index in [2.05, 4.69) is 5.32 Å². The van der Waals surface area contributed by atoms with Crippen LogP contribution in [0.15, 0.2) is 11.4 Å². The highest BCUT2D eigenvalue weighted by molar-refractivity contribution is 7.12. The highest BCUT2D eigenvalue weighted by Crippen LogP contribution is 2.23. The summed E-state index contributed by atoms with van der Waals surface area (Å²) in [6, 6.07) is 1.22. The topological polar surface area (TPSA) is 78.8 Å². The van der Waals surface area contributed by atoms with E-state index >= 15 is 0 Å².